The lowest BCUT2D eigenvalue weighted by Gasteiger charge is -2.19. The molecule has 0 saturated carbocycles. The second kappa shape index (κ2) is 9.21. The molecule has 0 fully saturated rings. The predicted octanol–water partition coefficient (Wildman–Crippen LogP) is 5.69. The van der Waals surface area contributed by atoms with Crippen LogP contribution in [0.4, 0.5) is 4.79 Å². The van der Waals surface area contributed by atoms with Crippen molar-refractivity contribution < 1.29 is 23.8 Å². The number of hydrogen-bond acceptors (Lipinski definition) is 5. The Kier molecular flexibility index (Phi) is 6.99. The Bertz CT molecular complexity index is 794. The van der Waals surface area contributed by atoms with Crippen molar-refractivity contribution in [3.05, 3.63) is 59.2 Å². The van der Waals surface area contributed by atoms with Gasteiger partial charge in [-0.15, -0.1) is 0 Å². The molecule has 0 atom stereocenters. The Labute approximate surface area is 160 Å². The fraction of sp³-hybridized carbons (Fsp3) is 0.364. The van der Waals surface area contributed by atoms with E-state index in [1.54, 1.807) is 37.3 Å². The zero-order valence-electron chi connectivity index (χ0n) is 16.4. The molecule has 0 spiro atoms. The largest absolute Gasteiger partial charge is 0.513 e. The number of carbonyl (C=O) groups is 2. The summed E-state index contributed by atoms with van der Waals surface area (Å²) in [6.07, 6.45) is -0.829. The highest BCUT2D eigenvalue weighted by Crippen LogP contribution is 2.39. The van der Waals surface area contributed by atoms with Crippen LogP contribution in [-0.2, 0) is 4.74 Å². The summed E-state index contributed by atoms with van der Waals surface area (Å²) in [7, 11) is 0. The number of esters is 1. The molecular weight excluding hydrogens is 344 g/mol. The number of ether oxygens (including phenoxy) is 3. The van der Waals surface area contributed by atoms with E-state index in [4.69, 9.17) is 14.2 Å². The van der Waals surface area contributed by atoms with Crippen molar-refractivity contribution in [3.63, 3.8) is 0 Å². The van der Waals surface area contributed by atoms with E-state index < -0.39 is 12.1 Å². The second-order valence-electron chi connectivity index (χ2n) is 6.79. The molecule has 0 N–H and O–H groups in total. The summed E-state index contributed by atoms with van der Waals surface area (Å²) in [4.78, 5) is 24.5. The lowest BCUT2D eigenvalue weighted by Crippen LogP contribution is -2.15. The van der Waals surface area contributed by atoms with Gasteiger partial charge in [-0.05, 0) is 42.5 Å². The standard InChI is InChI=1S/C22H26O5/c1-6-25-22(24)26-19-13-17(14(2)3)12-18(15(4)5)20(19)27-21(23)16-10-8-7-9-11-16/h7-15H,6H2,1-5H3. The summed E-state index contributed by atoms with van der Waals surface area (Å²) < 4.78 is 15.9. The fourth-order valence-electron chi connectivity index (χ4n) is 2.56. The third-order valence-electron chi connectivity index (χ3n) is 4.05. The molecule has 0 amide bonds. The molecule has 5 nitrogen and oxygen atoms in total. The van der Waals surface area contributed by atoms with Crippen LogP contribution in [0.2, 0.25) is 0 Å². The van der Waals surface area contributed by atoms with Crippen LogP contribution in [-0.4, -0.2) is 18.7 Å². The molecule has 0 bridgehead atoms. The monoisotopic (exact) mass is 370 g/mol. The van der Waals surface area contributed by atoms with Crippen LogP contribution < -0.4 is 9.47 Å². The van der Waals surface area contributed by atoms with Gasteiger partial charge in [0.25, 0.3) is 0 Å². The summed E-state index contributed by atoms with van der Waals surface area (Å²) in [5.41, 5.74) is 2.20. The van der Waals surface area contributed by atoms with Crippen molar-refractivity contribution in [2.24, 2.45) is 0 Å². The minimum Gasteiger partial charge on any atom is -0.434 e. The lowest BCUT2D eigenvalue weighted by atomic mass is 9.94. The van der Waals surface area contributed by atoms with Gasteiger partial charge in [-0.3, -0.25) is 0 Å². The van der Waals surface area contributed by atoms with Gasteiger partial charge < -0.3 is 14.2 Å². The Morgan fingerprint density at radius 3 is 2.15 bits per heavy atom. The summed E-state index contributed by atoms with van der Waals surface area (Å²) in [6, 6.07) is 12.4. The summed E-state index contributed by atoms with van der Waals surface area (Å²) in [6.45, 7) is 9.97. The first kappa shape index (κ1) is 20.5. The molecule has 2 aromatic rings. The number of rotatable bonds is 6. The predicted molar refractivity (Wildman–Crippen MR) is 104 cm³/mol. The van der Waals surface area contributed by atoms with E-state index in [1.165, 1.54) is 0 Å². The maximum Gasteiger partial charge on any atom is 0.513 e. The van der Waals surface area contributed by atoms with Crippen molar-refractivity contribution in [2.75, 3.05) is 6.61 Å². The maximum absolute atomic E-state index is 12.6. The number of carbonyl (C=O) groups excluding carboxylic acids is 2. The van der Waals surface area contributed by atoms with E-state index in [0.29, 0.717) is 5.56 Å². The molecule has 27 heavy (non-hydrogen) atoms. The molecule has 0 saturated heterocycles. The smallest absolute Gasteiger partial charge is 0.434 e. The minimum absolute atomic E-state index is 0.0619. The molecule has 0 heterocycles. The van der Waals surface area contributed by atoms with Crippen LogP contribution in [0.5, 0.6) is 11.5 Å². The molecule has 5 heteroatoms. The van der Waals surface area contributed by atoms with E-state index in [2.05, 4.69) is 0 Å². The van der Waals surface area contributed by atoms with Gasteiger partial charge in [-0.2, -0.15) is 0 Å². The number of hydrogen-bond donors (Lipinski definition) is 0. The van der Waals surface area contributed by atoms with E-state index >= 15 is 0 Å². The van der Waals surface area contributed by atoms with Crippen molar-refractivity contribution in [1.82, 2.24) is 0 Å². The quantitative estimate of drug-likeness (QED) is 0.371. The molecule has 144 valence electrons. The van der Waals surface area contributed by atoms with Crippen molar-refractivity contribution in [1.29, 1.82) is 0 Å². The van der Waals surface area contributed by atoms with Crippen LogP contribution in [0.25, 0.3) is 0 Å². The topological polar surface area (TPSA) is 61.8 Å². The SMILES string of the molecule is CCOC(=O)Oc1cc(C(C)C)cc(C(C)C)c1OC(=O)c1ccccc1. The average Bonchev–Trinajstić information content (AvgIpc) is 2.63. The highest BCUT2D eigenvalue weighted by Gasteiger charge is 2.23. The van der Waals surface area contributed by atoms with Gasteiger partial charge in [-0.1, -0.05) is 52.0 Å². The van der Waals surface area contributed by atoms with Gasteiger partial charge in [0, 0.05) is 5.56 Å². The lowest BCUT2D eigenvalue weighted by molar-refractivity contribution is 0.0715. The molecular formula is C22H26O5. The highest BCUT2D eigenvalue weighted by molar-refractivity contribution is 5.91. The Morgan fingerprint density at radius 1 is 0.926 bits per heavy atom. The first-order valence-electron chi connectivity index (χ1n) is 9.13. The van der Waals surface area contributed by atoms with E-state index in [1.807, 2.05) is 39.8 Å². The van der Waals surface area contributed by atoms with Crippen molar-refractivity contribution >= 4 is 12.1 Å². The van der Waals surface area contributed by atoms with Crippen LogP contribution in [0.3, 0.4) is 0 Å². The van der Waals surface area contributed by atoms with Crippen LogP contribution in [0.1, 0.15) is 67.9 Å². The minimum atomic E-state index is -0.829. The Hall–Kier alpha value is -2.82. The summed E-state index contributed by atoms with van der Waals surface area (Å²) in [5.74, 6) is 0.199. The molecule has 0 aromatic heterocycles. The van der Waals surface area contributed by atoms with Crippen LogP contribution in [0, 0.1) is 0 Å². The van der Waals surface area contributed by atoms with Gasteiger partial charge >= 0.3 is 12.1 Å². The average molecular weight is 370 g/mol. The van der Waals surface area contributed by atoms with E-state index in [-0.39, 0.29) is 29.9 Å². The molecule has 2 rings (SSSR count). The Balaban J connectivity index is 2.50. The maximum atomic E-state index is 12.6. The molecule has 0 aliphatic carbocycles. The van der Waals surface area contributed by atoms with Crippen molar-refractivity contribution in [2.45, 2.75) is 46.5 Å². The second-order valence-corrected chi connectivity index (χ2v) is 6.79. The molecule has 0 radical (unpaired) electrons. The van der Waals surface area contributed by atoms with Gasteiger partial charge in [0.15, 0.2) is 11.5 Å². The normalized spacial score (nSPS) is 10.8. The van der Waals surface area contributed by atoms with Crippen LogP contribution >= 0.6 is 0 Å². The van der Waals surface area contributed by atoms with Gasteiger partial charge in [0.2, 0.25) is 0 Å². The van der Waals surface area contributed by atoms with Gasteiger partial charge in [0.05, 0.1) is 12.2 Å². The molecule has 0 unspecified atom stereocenters. The van der Waals surface area contributed by atoms with Gasteiger partial charge in [0.1, 0.15) is 0 Å². The zero-order valence-corrected chi connectivity index (χ0v) is 16.4. The highest BCUT2D eigenvalue weighted by atomic mass is 16.7. The third-order valence-corrected chi connectivity index (χ3v) is 4.05. The molecule has 0 aliphatic heterocycles. The summed E-state index contributed by atoms with van der Waals surface area (Å²) in [5, 5.41) is 0. The van der Waals surface area contributed by atoms with Gasteiger partial charge in [-0.25, -0.2) is 9.59 Å². The molecule has 0 aliphatic rings. The first-order valence-corrected chi connectivity index (χ1v) is 9.13. The molecule has 2 aromatic carbocycles. The zero-order chi connectivity index (χ0) is 20.0. The number of benzene rings is 2. The van der Waals surface area contributed by atoms with Crippen LogP contribution in [0.15, 0.2) is 42.5 Å². The van der Waals surface area contributed by atoms with Crippen molar-refractivity contribution in [3.8, 4) is 11.5 Å². The fourth-order valence-corrected chi connectivity index (χ4v) is 2.56. The van der Waals surface area contributed by atoms with E-state index in [0.717, 1.165) is 11.1 Å². The summed E-state index contributed by atoms with van der Waals surface area (Å²) >= 11 is 0. The van der Waals surface area contributed by atoms with E-state index in [9.17, 15) is 9.59 Å². The Morgan fingerprint density at radius 2 is 1.59 bits per heavy atom. The third kappa shape index (κ3) is 5.33. The first-order chi connectivity index (χ1) is 12.8.